The van der Waals surface area contributed by atoms with Gasteiger partial charge in [0.25, 0.3) is 5.91 Å². The van der Waals surface area contributed by atoms with Gasteiger partial charge in [-0.3, -0.25) is 14.6 Å². The molecule has 0 spiro atoms. The number of thiazole rings is 1. The molecule has 0 aliphatic carbocycles. The fraction of sp³-hybridized carbons (Fsp3) is 0.176. The molecule has 0 bridgehead atoms. The van der Waals surface area contributed by atoms with Crippen LogP contribution in [0.3, 0.4) is 0 Å². The number of carbonyl (C=O) groups is 3. The largest absolute Gasteiger partial charge is 0.468 e. The summed E-state index contributed by atoms with van der Waals surface area (Å²) in [6.07, 6.45) is 4.14. The van der Waals surface area contributed by atoms with Gasteiger partial charge < -0.3 is 14.0 Å². The Balaban J connectivity index is 2.15. The Morgan fingerprint density at radius 1 is 1.19 bits per heavy atom. The van der Waals surface area contributed by atoms with Crippen LogP contribution in [0.15, 0.2) is 41.8 Å². The molecule has 0 radical (unpaired) electrons. The van der Waals surface area contributed by atoms with Crippen LogP contribution in [0.2, 0.25) is 0 Å². The zero-order valence-electron chi connectivity index (χ0n) is 14.4. The monoisotopic (exact) mass is 386 g/mol. The lowest BCUT2D eigenvalue weighted by molar-refractivity contribution is -0.141. The van der Waals surface area contributed by atoms with Gasteiger partial charge in [0.1, 0.15) is 12.2 Å². The quantitative estimate of drug-likeness (QED) is 0.619. The number of hydrogen-bond donors (Lipinski definition) is 0. The number of aromatic nitrogens is 3. The second kappa shape index (κ2) is 7.87. The van der Waals surface area contributed by atoms with Gasteiger partial charge in [-0.05, 0) is 18.2 Å². The number of ether oxygens (including phenoxy) is 2. The molecule has 3 rings (SSSR count). The fourth-order valence-electron chi connectivity index (χ4n) is 2.30. The smallest absolute Gasteiger partial charge is 0.337 e. The van der Waals surface area contributed by atoms with Gasteiger partial charge in [0.2, 0.25) is 0 Å². The number of methoxy groups -OCH3 is 2. The molecule has 0 aliphatic rings. The first-order chi connectivity index (χ1) is 13.0. The molecule has 0 N–H and O–H groups in total. The molecular formula is C17H14N4O5S. The van der Waals surface area contributed by atoms with Crippen LogP contribution in [0.4, 0.5) is 0 Å². The Bertz CT molecular complexity index is 1090. The maximum atomic E-state index is 12.4. The molecule has 0 unspecified atom stereocenters. The number of carbonyl (C=O) groups excluding carboxylic acids is 3. The molecule has 27 heavy (non-hydrogen) atoms. The fourth-order valence-corrected chi connectivity index (χ4v) is 3.37. The van der Waals surface area contributed by atoms with Crippen LogP contribution in [-0.4, -0.2) is 46.6 Å². The summed E-state index contributed by atoms with van der Waals surface area (Å²) in [6.45, 7) is -0.138. The van der Waals surface area contributed by atoms with E-state index in [0.29, 0.717) is 15.8 Å². The van der Waals surface area contributed by atoms with Crippen molar-refractivity contribution in [3.8, 4) is 0 Å². The SMILES string of the molecule is COC(=O)Cn1c(=NC(=O)c2cnccn2)sc2cc(C(=O)OC)ccc21. The zero-order chi connectivity index (χ0) is 19.4. The van der Waals surface area contributed by atoms with Gasteiger partial charge in [-0.2, -0.15) is 4.99 Å². The maximum absolute atomic E-state index is 12.4. The minimum atomic E-state index is -0.596. The second-order valence-corrected chi connectivity index (χ2v) is 6.24. The van der Waals surface area contributed by atoms with Gasteiger partial charge in [-0.1, -0.05) is 11.3 Å². The minimum Gasteiger partial charge on any atom is -0.468 e. The normalized spacial score (nSPS) is 11.4. The van der Waals surface area contributed by atoms with Crippen LogP contribution >= 0.6 is 11.3 Å². The predicted molar refractivity (Wildman–Crippen MR) is 95.1 cm³/mol. The number of benzene rings is 1. The first kappa shape index (κ1) is 18.4. The molecule has 3 aromatic rings. The molecule has 0 atom stereocenters. The number of fused-ring (bicyclic) bond motifs is 1. The Morgan fingerprint density at radius 3 is 2.67 bits per heavy atom. The van der Waals surface area contributed by atoms with Crippen LogP contribution in [0.25, 0.3) is 10.2 Å². The molecule has 2 aromatic heterocycles. The van der Waals surface area contributed by atoms with Crippen molar-refractivity contribution in [1.29, 1.82) is 0 Å². The van der Waals surface area contributed by atoms with Crippen LogP contribution in [-0.2, 0) is 20.8 Å². The van der Waals surface area contributed by atoms with Crippen molar-refractivity contribution in [3.63, 3.8) is 0 Å². The lowest BCUT2D eigenvalue weighted by Gasteiger charge is -2.04. The molecule has 9 nitrogen and oxygen atoms in total. The lowest BCUT2D eigenvalue weighted by Crippen LogP contribution is -2.22. The summed E-state index contributed by atoms with van der Waals surface area (Å²) in [5, 5.41) is 0. The van der Waals surface area contributed by atoms with Gasteiger partial charge in [0.05, 0.1) is 36.2 Å². The molecular weight excluding hydrogens is 372 g/mol. The van der Waals surface area contributed by atoms with E-state index in [-0.39, 0.29) is 17.0 Å². The summed E-state index contributed by atoms with van der Waals surface area (Å²) < 4.78 is 11.6. The predicted octanol–water partition coefficient (Wildman–Crippen LogP) is 1.19. The third-order valence-corrected chi connectivity index (χ3v) is 4.64. The van der Waals surface area contributed by atoms with E-state index in [1.54, 1.807) is 22.8 Å². The molecule has 0 saturated carbocycles. The van der Waals surface area contributed by atoms with E-state index in [1.165, 1.54) is 32.8 Å². The van der Waals surface area contributed by atoms with E-state index in [1.807, 2.05) is 0 Å². The standard InChI is InChI=1S/C17H14N4O5S/c1-25-14(22)9-21-12-4-3-10(16(24)26-2)7-13(12)27-17(21)20-15(23)11-8-18-5-6-19-11/h3-8H,9H2,1-2H3. The first-order valence-corrected chi connectivity index (χ1v) is 8.48. The van der Waals surface area contributed by atoms with Crippen LogP contribution in [0, 0.1) is 0 Å². The molecule has 10 heteroatoms. The van der Waals surface area contributed by atoms with Gasteiger partial charge >= 0.3 is 11.9 Å². The zero-order valence-corrected chi connectivity index (χ0v) is 15.2. The van der Waals surface area contributed by atoms with Gasteiger partial charge in [-0.25, -0.2) is 9.78 Å². The summed E-state index contributed by atoms with van der Waals surface area (Å²) in [5.74, 6) is -1.58. The number of rotatable bonds is 4. The molecule has 2 heterocycles. The Hall–Kier alpha value is -3.40. The van der Waals surface area contributed by atoms with E-state index in [0.717, 1.165) is 11.3 Å². The van der Waals surface area contributed by atoms with Gasteiger partial charge in [0.15, 0.2) is 4.80 Å². The molecule has 138 valence electrons. The molecule has 1 amide bonds. The van der Waals surface area contributed by atoms with Gasteiger partial charge in [-0.15, -0.1) is 0 Å². The van der Waals surface area contributed by atoms with Crippen molar-refractivity contribution < 1.29 is 23.9 Å². The van der Waals surface area contributed by atoms with E-state index < -0.39 is 17.8 Å². The van der Waals surface area contributed by atoms with Crippen LogP contribution in [0.5, 0.6) is 0 Å². The van der Waals surface area contributed by atoms with E-state index in [9.17, 15) is 14.4 Å². The third kappa shape index (κ3) is 3.90. The average Bonchev–Trinajstić information content (AvgIpc) is 3.03. The maximum Gasteiger partial charge on any atom is 0.337 e. The third-order valence-electron chi connectivity index (χ3n) is 3.60. The van der Waals surface area contributed by atoms with Crippen molar-refractivity contribution in [2.24, 2.45) is 4.99 Å². The van der Waals surface area contributed by atoms with Crippen LogP contribution < -0.4 is 4.80 Å². The molecule has 0 fully saturated rings. The lowest BCUT2D eigenvalue weighted by atomic mass is 10.2. The Kier molecular flexibility index (Phi) is 5.36. The summed E-state index contributed by atoms with van der Waals surface area (Å²) in [5.41, 5.74) is 1.06. The summed E-state index contributed by atoms with van der Waals surface area (Å²) in [7, 11) is 2.56. The highest BCUT2D eigenvalue weighted by Gasteiger charge is 2.15. The Labute approximate surface area is 156 Å². The first-order valence-electron chi connectivity index (χ1n) is 7.67. The number of hydrogen-bond acceptors (Lipinski definition) is 8. The van der Waals surface area contributed by atoms with E-state index in [2.05, 4.69) is 15.0 Å². The minimum absolute atomic E-state index is 0.0785. The average molecular weight is 386 g/mol. The van der Waals surface area contributed by atoms with Crippen molar-refractivity contribution in [3.05, 3.63) is 52.8 Å². The molecule has 0 saturated heterocycles. The highest BCUT2D eigenvalue weighted by molar-refractivity contribution is 7.16. The summed E-state index contributed by atoms with van der Waals surface area (Å²) >= 11 is 1.15. The number of nitrogens with zero attached hydrogens (tertiary/aromatic N) is 4. The highest BCUT2D eigenvalue weighted by Crippen LogP contribution is 2.20. The topological polar surface area (TPSA) is 113 Å². The number of esters is 2. The summed E-state index contributed by atoms with van der Waals surface area (Å²) in [6, 6.07) is 4.85. The number of amides is 1. The molecule has 1 aromatic carbocycles. The van der Waals surface area contributed by atoms with Gasteiger partial charge in [0, 0.05) is 12.4 Å². The highest BCUT2D eigenvalue weighted by atomic mass is 32.1. The van der Waals surface area contributed by atoms with Crippen molar-refractivity contribution >= 4 is 39.4 Å². The van der Waals surface area contributed by atoms with Crippen LogP contribution in [0.1, 0.15) is 20.8 Å². The van der Waals surface area contributed by atoms with Crippen molar-refractivity contribution in [2.45, 2.75) is 6.54 Å². The summed E-state index contributed by atoms with van der Waals surface area (Å²) in [4.78, 5) is 48.0. The van der Waals surface area contributed by atoms with Crippen molar-refractivity contribution in [2.75, 3.05) is 14.2 Å². The van der Waals surface area contributed by atoms with Crippen molar-refractivity contribution in [1.82, 2.24) is 14.5 Å². The van der Waals surface area contributed by atoms with E-state index >= 15 is 0 Å². The molecule has 0 aliphatic heterocycles. The second-order valence-electron chi connectivity index (χ2n) is 5.23. The Morgan fingerprint density at radius 2 is 2.00 bits per heavy atom. The van der Waals surface area contributed by atoms with E-state index in [4.69, 9.17) is 9.47 Å².